The molecule has 0 aromatic carbocycles. The van der Waals surface area contributed by atoms with Crippen molar-refractivity contribution in [3.05, 3.63) is 11.9 Å². The van der Waals surface area contributed by atoms with Crippen molar-refractivity contribution in [2.45, 2.75) is 19.3 Å². The van der Waals surface area contributed by atoms with Crippen LogP contribution in [0, 0.1) is 0 Å². The Hall–Kier alpha value is -1.10. The van der Waals surface area contributed by atoms with Crippen LogP contribution >= 0.6 is 11.6 Å². The standard InChI is InChI=1S/C9H15ClN4O/c1-14(6-4-2-3-5-10)9(15)8-7-11-13-12-8/h7H,2-6H2,1H3,(H,11,12,13). The average Bonchev–Trinajstić information content (AvgIpc) is 2.76. The highest BCUT2D eigenvalue weighted by molar-refractivity contribution is 6.17. The van der Waals surface area contributed by atoms with Crippen LogP contribution in [0.25, 0.3) is 0 Å². The second-order valence-corrected chi connectivity index (χ2v) is 3.71. The Morgan fingerprint density at radius 2 is 2.33 bits per heavy atom. The maximum atomic E-state index is 11.6. The van der Waals surface area contributed by atoms with Gasteiger partial charge in [0.2, 0.25) is 0 Å². The van der Waals surface area contributed by atoms with E-state index in [1.54, 1.807) is 11.9 Å². The number of aromatic amines is 1. The molecule has 1 rings (SSSR count). The van der Waals surface area contributed by atoms with Crippen molar-refractivity contribution in [2.24, 2.45) is 0 Å². The number of halogens is 1. The number of hydrogen-bond acceptors (Lipinski definition) is 3. The van der Waals surface area contributed by atoms with Crippen LogP contribution in [0.1, 0.15) is 29.8 Å². The summed E-state index contributed by atoms with van der Waals surface area (Å²) in [5, 5.41) is 9.74. The molecule has 0 aliphatic heterocycles. The third kappa shape index (κ3) is 3.87. The molecule has 0 atom stereocenters. The normalized spacial score (nSPS) is 10.3. The average molecular weight is 231 g/mol. The number of hydrogen-bond donors (Lipinski definition) is 1. The predicted molar refractivity (Wildman–Crippen MR) is 57.9 cm³/mol. The van der Waals surface area contributed by atoms with Gasteiger partial charge in [-0.2, -0.15) is 15.4 Å². The summed E-state index contributed by atoms with van der Waals surface area (Å²) in [5.74, 6) is 0.579. The van der Waals surface area contributed by atoms with Crippen molar-refractivity contribution < 1.29 is 4.79 Å². The molecule has 0 aliphatic carbocycles. The number of unbranched alkanes of at least 4 members (excludes halogenated alkanes) is 2. The summed E-state index contributed by atoms with van der Waals surface area (Å²) in [6, 6.07) is 0. The topological polar surface area (TPSA) is 61.9 Å². The van der Waals surface area contributed by atoms with Crippen LogP contribution in [0.5, 0.6) is 0 Å². The van der Waals surface area contributed by atoms with E-state index in [4.69, 9.17) is 11.6 Å². The van der Waals surface area contributed by atoms with E-state index in [0.717, 1.165) is 25.8 Å². The van der Waals surface area contributed by atoms with Gasteiger partial charge in [-0.25, -0.2) is 0 Å². The highest BCUT2D eigenvalue weighted by Crippen LogP contribution is 2.02. The SMILES string of the molecule is CN(CCCCCCl)C(=O)c1cn[nH]n1. The molecule has 15 heavy (non-hydrogen) atoms. The molecule has 0 saturated heterocycles. The fourth-order valence-electron chi connectivity index (χ4n) is 1.22. The van der Waals surface area contributed by atoms with Crippen molar-refractivity contribution in [3.8, 4) is 0 Å². The molecule has 0 bridgehead atoms. The molecule has 1 N–H and O–H groups in total. The van der Waals surface area contributed by atoms with Crippen molar-refractivity contribution in [2.75, 3.05) is 19.5 Å². The second-order valence-electron chi connectivity index (χ2n) is 3.33. The van der Waals surface area contributed by atoms with Crippen LogP contribution < -0.4 is 0 Å². The van der Waals surface area contributed by atoms with Crippen LogP contribution in [0.4, 0.5) is 0 Å². The first-order valence-electron chi connectivity index (χ1n) is 4.93. The number of alkyl halides is 1. The summed E-state index contributed by atoms with van der Waals surface area (Å²) in [5.41, 5.74) is 0.356. The molecule has 0 aliphatic rings. The van der Waals surface area contributed by atoms with Crippen molar-refractivity contribution >= 4 is 17.5 Å². The van der Waals surface area contributed by atoms with Gasteiger partial charge in [0.1, 0.15) is 0 Å². The zero-order valence-corrected chi connectivity index (χ0v) is 9.50. The molecule has 84 valence electrons. The summed E-state index contributed by atoms with van der Waals surface area (Å²) in [6.07, 6.45) is 4.43. The van der Waals surface area contributed by atoms with E-state index in [2.05, 4.69) is 15.4 Å². The van der Waals surface area contributed by atoms with E-state index >= 15 is 0 Å². The van der Waals surface area contributed by atoms with Crippen LogP contribution in [0.15, 0.2) is 6.20 Å². The molecule has 5 nitrogen and oxygen atoms in total. The van der Waals surface area contributed by atoms with Crippen molar-refractivity contribution in [3.63, 3.8) is 0 Å². The molecule has 1 aromatic rings. The summed E-state index contributed by atoms with van der Waals surface area (Å²) < 4.78 is 0. The maximum absolute atomic E-state index is 11.6. The van der Waals surface area contributed by atoms with Crippen LogP contribution in [-0.4, -0.2) is 45.7 Å². The van der Waals surface area contributed by atoms with Crippen LogP contribution in [0.2, 0.25) is 0 Å². The number of rotatable bonds is 6. The van der Waals surface area contributed by atoms with Crippen molar-refractivity contribution in [1.29, 1.82) is 0 Å². The Morgan fingerprint density at radius 1 is 1.53 bits per heavy atom. The molecular weight excluding hydrogens is 216 g/mol. The monoisotopic (exact) mass is 230 g/mol. The van der Waals surface area contributed by atoms with E-state index in [-0.39, 0.29) is 5.91 Å². The lowest BCUT2D eigenvalue weighted by Crippen LogP contribution is -2.28. The summed E-state index contributed by atoms with van der Waals surface area (Å²) in [4.78, 5) is 13.3. The number of carbonyl (C=O) groups excluding carboxylic acids is 1. The molecule has 0 saturated carbocycles. The minimum atomic E-state index is -0.102. The van der Waals surface area contributed by atoms with Gasteiger partial charge in [-0.1, -0.05) is 6.42 Å². The van der Waals surface area contributed by atoms with E-state index < -0.39 is 0 Å². The molecule has 0 radical (unpaired) electrons. The number of nitrogens with one attached hydrogen (secondary N) is 1. The molecule has 0 spiro atoms. The summed E-state index contributed by atoms with van der Waals surface area (Å²) in [7, 11) is 1.76. The van der Waals surface area contributed by atoms with Crippen LogP contribution in [0.3, 0.4) is 0 Å². The van der Waals surface area contributed by atoms with E-state index in [9.17, 15) is 4.79 Å². The second kappa shape index (κ2) is 6.40. The molecule has 6 heteroatoms. The number of aromatic nitrogens is 3. The minimum Gasteiger partial charge on any atom is -0.340 e. The van der Waals surface area contributed by atoms with Gasteiger partial charge in [-0.3, -0.25) is 4.79 Å². The third-order valence-electron chi connectivity index (χ3n) is 2.11. The lowest BCUT2D eigenvalue weighted by molar-refractivity contribution is 0.0787. The number of nitrogens with zero attached hydrogens (tertiary/aromatic N) is 3. The minimum absolute atomic E-state index is 0.102. The molecule has 0 fully saturated rings. The Balaban J connectivity index is 2.28. The zero-order chi connectivity index (χ0) is 11.1. The van der Waals surface area contributed by atoms with E-state index in [1.165, 1.54) is 6.20 Å². The smallest absolute Gasteiger partial charge is 0.275 e. The maximum Gasteiger partial charge on any atom is 0.275 e. The number of carbonyl (C=O) groups is 1. The molecule has 1 heterocycles. The molecule has 0 unspecified atom stereocenters. The zero-order valence-electron chi connectivity index (χ0n) is 8.74. The lowest BCUT2D eigenvalue weighted by atomic mass is 10.2. The summed E-state index contributed by atoms with van der Waals surface area (Å²) >= 11 is 5.56. The van der Waals surface area contributed by atoms with Gasteiger partial charge in [0.15, 0.2) is 5.69 Å². The van der Waals surface area contributed by atoms with Gasteiger partial charge in [0, 0.05) is 19.5 Å². The number of amides is 1. The Morgan fingerprint density at radius 3 is 2.93 bits per heavy atom. The van der Waals surface area contributed by atoms with Gasteiger partial charge >= 0.3 is 0 Å². The van der Waals surface area contributed by atoms with Gasteiger partial charge in [0.25, 0.3) is 5.91 Å². The first-order valence-corrected chi connectivity index (χ1v) is 5.46. The van der Waals surface area contributed by atoms with Gasteiger partial charge in [-0.15, -0.1) is 11.6 Å². The predicted octanol–water partition coefficient (Wildman–Crippen LogP) is 1.29. The quantitative estimate of drug-likeness (QED) is 0.592. The first-order chi connectivity index (χ1) is 7.25. The van der Waals surface area contributed by atoms with Gasteiger partial charge in [0.05, 0.1) is 6.20 Å². The van der Waals surface area contributed by atoms with E-state index in [1.807, 2.05) is 0 Å². The fraction of sp³-hybridized carbons (Fsp3) is 0.667. The van der Waals surface area contributed by atoms with Crippen LogP contribution in [-0.2, 0) is 0 Å². The van der Waals surface area contributed by atoms with Gasteiger partial charge < -0.3 is 4.90 Å². The lowest BCUT2D eigenvalue weighted by Gasteiger charge is -2.14. The third-order valence-corrected chi connectivity index (χ3v) is 2.38. The fourth-order valence-corrected chi connectivity index (χ4v) is 1.41. The van der Waals surface area contributed by atoms with Crippen molar-refractivity contribution in [1.82, 2.24) is 20.3 Å². The first kappa shape index (κ1) is 12.0. The molecular formula is C9H15ClN4O. The Labute approximate surface area is 93.8 Å². The van der Waals surface area contributed by atoms with E-state index in [0.29, 0.717) is 11.6 Å². The Kier molecular flexibility index (Phi) is 5.10. The summed E-state index contributed by atoms with van der Waals surface area (Å²) in [6.45, 7) is 0.725. The highest BCUT2D eigenvalue weighted by atomic mass is 35.5. The molecule has 1 aromatic heterocycles. The highest BCUT2D eigenvalue weighted by Gasteiger charge is 2.13. The van der Waals surface area contributed by atoms with Gasteiger partial charge in [-0.05, 0) is 12.8 Å². The Bertz CT molecular complexity index is 288. The molecule has 1 amide bonds. The number of H-pyrrole nitrogens is 1. The largest absolute Gasteiger partial charge is 0.340 e.